The number of carbonyl (C=O) groups excluding carboxylic acids is 1. The summed E-state index contributed by atoms with van der Waals surface area (Å²) in [4.78, 5) is 11.9. The Labute approximate surface area is 119 Å². The summed E-state index contributed by atoms with van der Waals surface area (Å²) in [5.41, 5.74) is 5.96. The fourth-order valence-electron chi connectivity index (χ4n) is 1.66. The van der Waals surface area contributed by atoms with Crippen LogP contribution in [-0.2, 0) is 6.54 Å². The van der Waals surface area contributed by atoms with Gasteiger partial charge < -0.3 is 11.1 Å². The van der Waals surface area contributed by atoms with Crippen LogP contribution in [0.2, 0.25) is 5.02 Å². The van der Waals surface area contributed by atoms with Gasteiger partial charge >= 0.3 is 0 Å². The fourth-order valence-corrected chi connectivity index (χ4v) is 1.87. The third kappa shape index (κ3) is 3.05. The predicted octanol–water partition coefficient (Wildman–Crippen LogP) is 3.13. The second-order valence-electron chi connectivity index (χ2n) is 4.13. The number of nitrogens with one attached hydrogen (secondary N) is 1. The second-order valence-corrected chi connectivity index (χ2v) is 4.54. The molecule has 6 heteroatoms. The number of amides is 1. The van der Waals surface area contributed by atoms with Gasteiger partial charge in [-0.1, -0.05) is 23.7 Å². The van der Waals surface area contributed by atoms with Crippen molar-refractivity contribution in [3.63, 3.8) is 0 Å². The van der Waals surface area contributed by atoms with Crippen LogP contribution in [0.3, 0.4) is 0 Å². The molecule has 0 saturated heterocycles. The number of halogens is 3. The average molecular weight is 297 g/mol. The summed E-state index contributed by atoms with van der Waals surface area (Å²) in [5, 5.41) is 2.54. The molecule has 0 spiro atoms. The number of anilines is 1. The summed E-state index contributed by atoms with van der Waals surface area (Å²) in [7, 11) is 0. The van der Waals surface area contributed by atoms with E-state index in [0.29, 0.717) is 5.56 Å². The third-order valence-electron chi connectivity index (χ3n) is 2.73. The summed E-state index contributed by atoms with van der Waals surface area (Å²) >= 11 is 5.63. The topological polar surface area (TPSA) is 55.1 Å². The zero-order valence-corrected chi connectivity index (χ0v) is 11.0. The zero-order valence-electron chi connectivity index (χ0n) is 10.3. The predicted molar refractivity (Wildman–Crippen MR) is 73.4 cm³/mol. The largest absolute Gasteiger partial charge is 0.396 e. The van der Waals surface area contributed by atoms with Crippen molar-refractivity contribution in [2.75, 3.05) is 5.73 Å². The Balaban J connectivity index is 2.08. The first-order valence-corrected chi connectivity index (χ1v) is 6.13. The van der Waals surface area contributed by atoms with Crippen LogP contribution in [-0.4, -0.2) is 5.91 Å². The van der Waals surface area contributed by atoms with Gasteiger partial charge in [-0.05, 0) is 29.8 Å². The molecule has 2 aromatic carbocycles. The molecular formula is C14H11ClF2N2O. The molecule has 20 heavy (non-hydrogen) atoms. The molecule has 1 amide bonds. The minimum absolute atomic E-state index is 0.0259. The van der Waals surface area contributed by atoms with E-state index >= 15 is 0 Å². The molecular weight excluding hydrogens is 286 g/mol. The van der Waals surface area contributed by atoms with Crippen molar-refractivity contribution in [2.45, 2.75) is 6.54 Å². The van der Waals surface area contributed by atoms with Gasteiger partial charge in [0.15, 0.2) is 0 Å². The molecule has 0 aliphatic rings. The van der Waals surface area contributed by atoms with Gasteiger partial charge in [0.25, 0.3) is 5.91 Å². The van der Waals surface area contributed by atoms with E-state index in [0.717, 1.165) is 0 Å². The number of hydrogen-bond acceptors (Lipinski definition) is 2. The second kappa shape index (κ2) is 5.88. The Morgan fingerprint density at radius 2 is 1.95 bits per heavy atom. The minimum atomic E-state index is -0.650. The molecule has 0 aliphatic carbocycles. The molecule has 3 N–H and O–H groups in total. The van der Waals surface area contributed by atoms with Gasteiger partial charge in [0.05, 0.1) is 16.3 Å². The van der Waals surface area contributed by atoms with Gasteiger partial charge in [-0.15, -0.1) is 0 Å². The van der Waals surface area contributed by atoms with Crippen molar-refractivity contribution in [1.29, 1.82) is 0 Å². The third-order valence-corrected chi connectivity index (χ3v) is 3.02. The molecule has 0 saturated carbocycles. The van der Waals surface area contributed by atoms with Crippen LogP contribution in [0.5, 0.6) is 0 Å². The molecule has 2 rings (SSSR count). The Morgan fingerprint density at radius 3 is 2.65 bits per heavy atom. The van der Waals surface area contributed by atoms with Crippen molar-refractivity contribution >= 4 is 23.2 Å². The van der Waals surface area contributed by atoms with E-state index in [1.165, 1.54) is 36.4 Å². The monoisotopic (exact) mass is 296 g/mol. The van der Waals surface area contributed by atoms with Crippen LogP contribution in [0, 0.1) is 11.6 Å². The standard InChI is InChI=1S/C14H11ClF2N2O/c15-10-6-8(4-5-11(10)16)7-19-14(20)9-2-1-3-12(17)13(9)18/h1-6H,7,18H2,(H,19,20). The maximum atomic E-state index is 13.2. The zero-order chi connectivity index (χ0) is 14.7. The van der Waals surface area contributed by atoms with E-state index in [-0.39, 0.29) is 22.8 Å². The van der Waals surface area contributed by atoms with E-state index in [2.05, 4.69) is 5.32 Å². The molecule has 2 aromatic rings. The molecule has 0 bridgehead atoms. The lowest BCUT2D eigenvalue weighted by Gasteiger charge is -2.08. The minimum Gasteiger partial charge on any atom is -0.396 e. The van der Waals surface area contributed by atoms with Gasteiger partial charge in [-0.2, -0.15) is 0 Å². The molecule has 0 heterocycles. The van der Waals surface area contributed by atoms with E-state index in [9.17, 15) is 13.6 Å². The molecule has 0 aromatic heterocycles. The molecule has 0 unspecified atom stereocenters. The van der Waals surface area contributed by atoms with E-state index in [1.54, 1.807) is 0 Å². The van der Waals surface area contributed by atoms with Crippen LogP contribution < -0.4 is 11.1 Å². The summed E-state index contributed by atoms with van der Waals surface area (Å²) in [6.45, 7) is 0.134. The molecule has 0 atom stereocenters. The number of nitrogen functional groups attached to an aromatic ring is 1. The number of carbonyl (C=O) groups is 1. The first kappa shape index (κ1) is 14.3. The average Bonchev–Trinajstić information content (AvgIpc) is 2.43. The fraction of sp³-hybridized carbons (Fsp3) is 0.0714. The van der Waals surface area contributed by atoms with Crippen molar-refractivity contribution in [3.8, 4) is 0 Å². The van der Waals surface area contributed by atoms with E-state index < -0.39 is 17.5 Å². The highest BCUT2D eigenvalue weighted by Crippen LogP contribution is 2.17. The first-order valence-electron chi connectivity index (χ1n) is 5.75. The Hall–Kier alpha value is -2.14. The van der Waals surface area contributed by atoms with Gasteiger partial charge in [0.1, 0.15) is 11.6 Å². The lowest BCUT2D eigenvalue weighted by Crippen LogP contribution is -2.24. The van der Waals surface area contributed by atoms with Gasteiger partial charge in [-0.25, -0.2) is 8.78 Å². The summed E-state index contributed by atoms with van der Waals surface area (Å²) in [5.74, 6) is -1.69. The van der Waals surface area contributed by atoms with Crippen LogP contribution in [0.15, 0.2) is 36.4 Å². The number of para-hydroxylation sites is 1. The summed E-state index contributed by atoms with van der Waals surface area (Å²) < 4.78 is 26.2. The van der Waals surface area contributed by atoms with E-state index in [4.69, 9.17) is 17.3 Å². The highest BCUT2D eigenvalue weighted by atomic mass is 35.5. The van der Waals surface area contributed by atoms with Gasteiger partial charge in [-0.3, -0.25) is 4.79 Å². The SMILES string of the molecule is Nc1c(F)cccc1C(=O)NCc1ccc(F)c(Cl)c1. The van der Waals surface area contributed by atoms with E-state index in [1.807, 2.05) is 0 Å². The van der Waals surface area contributed by atoms with Crippen LogP contribution in [0.25, 0.3) is 0 Å². The number of hydrogen-bond donors (Lipinski definition) is 2. The van der Waals surface area contributed by atoms with Crippen molar-refractivity contribution in [3.05, 3.63) is 64.2 Å². The number of rotatable bonds is 3. The van der Waals surface area contributed by atoms with Crippen LogP contribution >= 0.6 is 11.6 Å². The molecule has 0 fully saturated rings. The van der Waals surface area contributed by atoms with Gasteiger partial charge in [0, 0.05) is 6.54 Å². The van der Waals surface area contributed by atoms with Crippen LogP contribution in [0.1, 0.15) is 15.9 Å². The maximum absolute atomic E-state index is 13.2. The molecule has 3 nitrogen and oxygen atoms in total. The first-order chi connectivity index (χ1) is 9.49. The van der Waals surface area contributed by atoms with Gasteiger partial charge in [0.2, 0.25) is 0 Å². The molecule has 0 aliphatic heterocycles. The molecule has 104 valence electrons. The Morgan fingerprint density at radius 1 is 1.20 bits per heavy atom. The quantitative estimate of drug-likeness (QED) is 0.855. The lowest BCUT2D eigenvalue weighted by atomic mass is 10.1. The Kier molecular flexibility index (Phi) is 4.20. The Bertz CT molecular complexity index is 662. The summed E-state index contributed by atoms with van der Waals surface area (Å²) in [6, 6.07) is 8.11. The highest BCUT2D eigenvalue weighted by molar-refractivity contribution is 6.30. The van der Waals surface area contributed by atoms with Crippen molar-refractivity contribution < 1.29 is 13.6 Å². The van der Waals surface area contributed by atoms with Crippen molar-refractivity contribution in [2.24, 2.45) is 0 Å². The summed E-state index contributed by atoms with van der Waals surface area (Å²) in [6.07, 6.45) is 0. The number of benzene rings is 2. The highest BCUT2D eigenvalue weighted by Gasteiger charge is 2.12. The smallest absolute Gasteiger partial charge is 0.253 e. The normalized spacial score (nSPS) is 10.3. The van der Waals surface area contributed by atoms with Crippen molar-refractivity contribution in [1.82, 2.24) is 5.32 Å². The maximum Gasteiger partial charge on any atom is 0.253 e. The molecule has 0 radical (unpaired) electrons. The number of nitrogens with two attached hydrogens (primary N) is 1. The van der Waals surface area contributed by atoms with Crippen LogP contribution in [0.4, 0.5) is 14.5 Å². The lowest BCUT2D eigenvalue weighted by molar-refractivity contribution is 0.0951.